The number of aromatic amines is 1. The van der Waals surface area contributed by atoms with Crippen molar-refractivity contribution in [3.63, 3.8) is 0 Å². The van der Waals surface area contributed by atoms with Gasteiger partial charge in [-0.3, -0.25) is 9.89 Å². The van der Waals surface area contributed by atoms with Crippen molar-refractivity contribution in [2.45, 2.75) is 13.8 Å². The van der Waals surface area contributed by atoms with Gasteiger partial charge in [-0.1, -0.05) is 13.8 Å². The lowest BCUT2D eigenvalue weighted by atomic mass is 10.2. The van der Waals surface area contributed by atoms with E-state index in [1.54, 1.807) is 7.11 Å². The molecule has 0 radical (unpaired) electrons. The Balaban J connectivity index is 2.26. The fourth-order valence-electron chi connectivity index (χ4n) is 1.68. The number of nitrogens with zero attached hydrogens (tertiary/aromatic N) is 1. The molecule has 0 unspecified atom stereocenters. The zero-order chi connectivity index (χ0) is 13.1. The van der Waals surface area contributed by atoms with Crippen molar-refractivity contribution in [2.75, 3.05) is 13.7 Å². The van der Waals surface area contributed by atoms with Crippen LogP contribution in [0.5, 0.6) is 5.75 Å². The number of amides is 1. The molecule has 0 aliphatic rings. The van der Waals surface area contributed by atoms with Crippen LogP contribution in [0.3, 0.4) is 0 Å². The van der Waals surface area contributed by atoms with Crippen LogP contribution in [0.15, 0.2) is 18.2 Å². The molecule has 2 aromatic rings. The summed E-state index contributed by atoms with van der Waals surface area (Å²) in [6, 6.07) is 5.47. The van der Waals surface area contributed by atoms with Gasteiger partial charge in [0, 0.05) is 18.0 Å². The molecule has 2 N–H and O–H groups in total. The molecular weight excluding hydrogens is 230 g/mol. The number of methoxy groups -OCH3 is 1. The Labute approximate surface area is 106 Å². The van der Waals surface area contributed by atoms with Crippen LogP contribution in [0.4, 0.5) is 0 Å². The van der Waals surface area contributed by atoms with Crippen LogP contribution in [0.25, 0.3) is 10.9 Å². The van der Waals surface area contributed by atoms with Gasteiger partial charge in [-0.2, -0.15) is 5.10 Å². The van der Waals surface area contributed by atoms with E-state index in [0.717, 1.165) is 16.7 Å². The van der Waals surface area contributed by atoms with E-state index in [9.17, 15) is 4.79 Å². The maximum atomic E-state index is 12.0. The van der Waals surface area contributed by atoms with E-state index in [1.165, 1.54) is 0 Å². The first-order valence-corrected chi connectivity index (χ1v) is 5.92. The van der Waals surface area contributed by atoms with Crippen molar-refractivity contribution in [1.82, 2.24) is 15.5 Å². The molecule has 1 aromatic heterocycles. The van der Waals surface area contributed by atoms with Crippen LogP contribution in [-0.2, 0) is 0 Å². The number of aromatic nitrogens is 2. The first-order chi connectivity index (χ1) is 8.61. The molecule has 1 aromatic carbocycles. The van der Waals surface area contributed by atoms with Gasteiger partial charge in [0.1, 0.15) is 5.75 Å². The zero-order valence-electron chi connectivity index (χ0n) is 10.8. The average Bonchev–Trinajstić information content (AvgIpc) is 2.78. The molecule has 0 saturated carbocycles. The van der Waals surface area contributed by atoms with Gasteiger partial charge < -0.3 is 10.1 Å². The number of hydrogen-bond donors (Lipinski definition) is 2. The quantitative estimate of drug-likeness (QED) is 0.867. The maximum absolute atomic E-state index is 12.0. The Morgan fingerprint density at radius 1 is 1.50 bits per heavy atom. The van der Waals surface area contributed by atoms with E-state index in [2.05, 4.69) is 15.5 Å². The molecule has 5 nitrogen and oxygen atoms in total. The Hall–Kier alpha value is -2.04. The number of benzene rings is 1. The van der Waals surface area contributed by atoms with Crippen molar-refractivity contribution in [3.8, 4) is 5.75 Å². The summed E-state index contributed by atoms with van der Waals surface area (Å²) in [5.74, 6) is 1.000. The van der Waals surface area contributed by atoms with E-state index in [0.29, 0.717) is 18.2 Å². The molecule has 0 saturated heterocycles. The molecule has 0 aliphatic heterocycles. The van der Waals surface area contributed by atoms with E-state index in [-0.39, 0.29) is 5.91 Å². The smallest absolute Gasteiger partial charge is 0.272 e. The summed E-state index contributed by atoms with van der Waals surface area (Å²) in [5, 5.41) is 10.6. The second-order valence-corrected chi connectivity index (χ2v) is 4.59. The number of H-pyrrole nitrogens is 1. The Morgan fingerprint density at radius 3 is 2.94 bits per heavy atom. The molecular formula is C13H17N3O2. The summed E-state index contributed by atoms with van der Waals surface area (Å²) in [5.41, 5.74) is 1.22. The van der Waals surface area contributed by atoms with Gasteiger partial charge >= 0.3 is 0 Å². The van der Waals surface area contributed by atoms with Gasteiger partial charge in [0.25, 0.3) is 5.91 Å². The van der Waals surface area contributed by atoms with Crippen LogP contribution in [0, 0.1) is 5.92 Å². The minimum absolute atomic E-state index is 0.153. The van der Waals surface area contributed by atoms with Crippen LogP contribution in [-0.4, -0.2) is 29.8 Å². The summed E-state index contributed by atoms with van der Waals surface area (Å²) in [6.07, 6.45) is 0. The zero-order valence-corrected chi connectivity index (χ0v) is 10.8. The van der Waals surface area contributed by atoms with Gasteiger partial charge in [0.2, 0.25) is 0 Å². The summed E-state index contributed by atoms with van der Waals surface area (Å²) in [4.78, 5) is 12.0. The molecule has 0 bridgehead atoms. The van der Waals surface area contributed by atoms with Gasteiger partial charge in [0.15, 0.2) is 5.69 Å². The van der Waals surface area contributed by atoms with E-state index < -0.39 is 0 Å². The number of ether oxygens (including phenoxy) is 1. The summed E-state index contributed by atoms with van der Waals surface area (Å²) in [6.45, 7) is 4.74. The molecule has 2 rings (SSSR count). The molecule has 0 spiro atoms. The number of carbonyl (C=O) groups excluding carboxylic acids is 1. The Morgan fingerprint density at radius 2 is 2.28 bits per heavy atom. The first kappa shape index (κ1) is 12.4. The topological polar surface area (TPSA) is 67.0 Å². The normalized spacial score (nSPS) is 10.9. The molecule has 5 heteroatoms. The highest BCUT2D eigenvalue weighted by molar-refractivity contribution is 6.04. The molecule has 1 heterocycles. The number of hydrogen-bond acceptors (Lipinski definition) is 3. The minimum Gasteiger partial charge on any atom is -0.497 e. The number of rotatable bonds is 4. The minimum atomic E-state index is -0.153. The highest BCUT2D eigenvalue weighted by atomic mass is 16.5. The average molecular weight is 247 g/mol. The van der Waals surface area contributed by atoms with Crippen LogP contribution < -0.4 is 10.1 Å². The highest BCUT2D eigenvalue weighted by Crippen LogP contribution is 2.21. The van der Waals surface area contributed by atoms with Crippen molar-refractivity contribution in [1.29, 1.82) is 0 Å². The second kappa shape index (κ2) is 5.08. The Kier molecular flexibility index (Phi) is 3.50. The van der Waals surface area contributed by atoms with Crippen molar-refractivity contribution < 1.29 is 9.53 Å². The summed E-state index contributed by atoms with van der Waals surface area (Å²) in [7, 11) is 1.60. The standard InChI is InChI=1S/C13H17N3O2/c1-8(2)7-14-13(17)12-10-5-4-9(18-3)6-11(10)15-16-12/h4-6,8H,7H2,1-3H3,(H,14,17)(H,15,16). The molecule has 0 aliphatic carbocycles. The van der Waals surface area contributed by atoms with Crippen LogP contribution in [0.2, 0.25) is 0 Å². The van der Waals surface area contributed by atoms with Crippen LogP contribution >= 0.6 is 0 Å². The SMILES string of the molecule is COc1ccc2c(C(=O)NCC(C)C)n[nH]c2c1. The molecule has 18 heavy (non-hydrogen) atoms. The monoisotopic (exact) mass is 247 g/mol. The first-order valence-electron chi connectivity index (χ1n) is 5.92. The van der Waals surface area contributed by atoms with Crippen molar-refractivity contribution >= 4 is 16.8 Å². The van der Waals surface area contributed by atoms with E-state index in [4.69, 9.17) is 4.74 Å². The fourth-order valence-corrected chi connectivity index (χ4v) is 1.68. The third-order valence-electron chi connectivity index (χ3n) is 2.66. The predicted molar refractivity (Wildman–Crippen MR) is 69.8 cm³/mol. The maximum Gasteiger partial charge on any atom is 0.272 e. The highest BCUT2D eigenvalue weighted by Gasteiger charge is 2.14. The van der Waals surface area contributed by atoms with Gasteiger partial charge in [-0.15, -0.1) is 0 Å². The van der Waals surface area contributed by atoms with Gasteiger partial charge in [0.05, 0.1) is 12.6 Å². The van der Waals surface area contributed by atoms with E-state index in [1.807, 2.05) is 32.0 Å². The van der Waals surface area contributed by atoms with Gasteiger partial charge in [-0.25, -0.2) is 0 Å². The largest absolute Gasteiger partial charge is 0.497 e. The molecule has 0 atom stereocenters. The van der Waals surface area contributed by atoms with Crippen LogP contribution in [0.1, 0.15) is 24.3 Å². The van der Waals surface area contributed by atoms with Crippen molar-refractivity contribution in [2.24, 2.45) is 5.92 Å². The lowest BCUT2D eigenvalue weighted by Crippen LogP contribution is -2.27. The second-order valence-electron chi connectivity index (χ2n) is 4.59. The molecule has 1 amide bonds. The lowest BCUT2D eigenvalue weighted by molar-refractivity contribution is 0.0945. The molecule has 96 valence electrons. The summed E-state index contributed by atoms with van der Waals surface area (Å²) < 4.78 is 5.12. The van der Waals surface area contributed by atoms with Gasteiger partial charge in [-0.05, 0) is 18.1 Å². The fraction of sp³-hybridized carbons (Fsp3) is 0.385. The third-order valence-corrected chi connectivity index (χ3v) is 2.66. The number of carbonyl (C=O) groups is 1. The predicted octanol–water partition coefficient (Wildman–Crippen LogP) is 1.96. The lowest BCUT2D eigenvalue weighted by Gasteiger charge is -2.05. The number of fused-ring (bicyclic) bond motifs is 1. The third kappa shape index (κ3) is 2.45. The number of nitrogens with one attached hydrogen (secondary N) is 2. The summed E-state index contributed by atoms with van der Waals surface area (Å²) >= 11 is 0. The van der Waals surface area contributed by atoms with Crippen molar-refractivity contribution in [3.05, 3.63) is 23.9 Å². The molecule has 0 fully saturated rings. The van der Waals surface area contributed by atoms with E-state index >= 15 is 0 Å². The Bertz CT molecular complexity index is 560.